The second-order valence-corrected chi connectivity index (χ2v) is 4.74. The Kier molecular flexibility index (Phi) is 11.5. The molecule has 0 saturated heterocycles. The van der Waals surface area contributed by atoms with Gasteiger partial charge in [-0.3, -0.25) is 0 Å². The van der Waals surface area contributed by atoms with Crippen molar-refractivity contribution in [2.24, 2.45) is 4.99 Å². The summed E-state index contributed by atoms with van der Waals surface area (Å²) in [6.45, 7) is 7.49. The van der Waals surface area contributed by atoms with Crippen LogP contribution in [0.15, 0.2) is 29.8 Å². The highest BCUT2D eigenvalue weighted by Crippen LogP contribution is 2.33. The number of halogens is 1. The molecule has 0 saturated carbocycles. The van der Waals surface area contributed by atoms with Crippen LogP contribution >= 0.6 is 24.0 Å². The zero-order valence-corrected chi connectivity index (χ0v) is 16.8. The fourth-order valence-corrected chi connectivity index (χ4v) is 2.15. The molecular formula is C18H26IN3O2. The Labute approximate surface area is 161 Å². The van der Waals surface area contributed by atoms with Crippen molar-refractivity contribution in [3.05, 3.63) is 35.9 Å². The molecule has 0 aliphatic carbocycles. The predicted octanol–water partition coefficient (Wildman–Crippen LogP) is 2.74. The zero-order chi connectivity index (χ0) is 17.1. The summed E-state index contributed by atoms with van der Waals surface area (Å²) < 4.78 is 10.9. The number of hydrogen-bond acceptors (Lipinski definition) is 3. The van der Waals surface area contributed by atoms with Crippen LogP contribution in [0, 0.1) is 12.3 Å². The largest absolute Gasteiger partial charge is 0.493 e. The molecule has 0 bridgehead atoms. The second-order valence-electron chi connectivity index (χ2n) is 4.74. The molecule has 0 spiro atoms. The van der Waals surface area contributed by atoms with Crippen LogP contribution in [-0.2, 0) is 13.0 Å². The first-order valence-corrected chi connectivity index (χ1v) is 7.50. The number of aliphatic imine (C=N–C) groups is 1. The molecule has 0 aliphatic rings. The molecule has 0 atom stereocenters. The highest BCUT2D eigenvalue weighted by atomic mass is 127. The number of benzene rings is 1. The van der Waals surface area contributed by atoms with Gasteiger partial charge in [-0.1, -0.05) is 12.0 Å². The van der Waals surface area contributed by atoms with Crippen molar-refractivity contribution in [2.45, 2.75) is 19.9 Å². The predicted molar refractivity (Wildman–Crippen MR) is 111 cm³/mol. The fraction of sp³-hybridized carbons (Fsp3) is 0.389. The highest BCUT2D eigenvalue weighted by Gasteiger charge is 2.11. The third-order valence-corrected chi connectivity index (χ3v) is 3.10. The molecule has 0 amide bonds. The maximum atomic E-state index is 5.44. The normalized spacial score (nSPS) is 10.2. The smallest absolute Gasteiger partial charge is 0.192 e. The maximum absolute atomic E-state index is 5.44. The molecule has 1 rings (SSSR count). The zero-order valence-electron chi connectivity index (χ0n) is 14.5. The Morgan fingerprint density at radius 3 is 2.62 bits per heavy atom. The number of hydrogen-bond donors (Lipinski definition) is 2. The number of nitrogens with one attached hydrogen (secondary N) is 2. The van der Waals surface area contributed by atoms with Crippen molar-refractivity contribution in [1.82, 2.24) is 10.6 Å². The summed E-state index contributed by atoms with van der Waals surface area (Å²) in [6.07, 6.45) is 7.81. The van der Waals surface area contributed by atoms with E-state index >= 15 is 0 Å². The van der Waals surface area contributed by atoms with Crippen LogP contribution in [0.4, 0.5) is 0 Å². The van der Waals surface area contributed by atoms with Gasteiger partial charge in [0.2, 0.25) is 0 Å². The Balaban J connectivity index is 0.00000529. The van der Waals surface area contributed by atoms with E-state index < -0.39 is 0 Å². The minimum atomic E-state index is 0. The lowest BCUT2D eigenvalue weighted by Gasteiger charge is -2.14. The number of nitrogens with zero attached hydrogens (tertiary/aromatic N) is 1. The summed E-state index contributed by atoms with van der Waals surface area (Å²) >= 11 is 0. The summed E-state index contributed by atoms with van der Waals surface area (Å²) in [6, 6.07) is 3.98. The lowest BCUT2D eigenvalue weighted by Crippen LogP contribution is -2.37. The lowest BCUT2D eigenvalue weighted by atomic mass is 10.1. The Bertz CT molecular complexity index is 595. The van der Waals surface area contributed by atoms with Gasteiger partial charge in [-0.2, -0.15) is 0 Å². The number of methoxy groups -OCH3 is 2. The van der Waals surface area contributed by atoms with E-state index in [2.05, 4.69) is 34.2 Å². The van der Waals surface area contributed by atoms with E-state index in [-0.39, 0.29) is 24.0 Å². The van der Waals surface area contributed by atoms with Gasteiger partial charge in [0.25, 0.3) is 0 Å². The molecule has 1 aromatic rings. The van der Waals surface area contributed by atoms with Crippen molar-refractivity contribution in [3.63, 3.8) is 0 Å². The maximum Gasteiger partial charge on any atom is 0.192 e. The van der Waals surface area contributed by atoms with Crippen LogP contribution in [0.3, 0.4) is 0 Å². The van der Waals surface area contributed by atoms with E-state index in [9.17, 15) is 0 Å². The van der Waals surface area contributed by atoms with E-state index in [1.54, 1.807) is 14.2 Å². The molecule has 24 heavy (non-hydrogen) atoms. The van der Waals surface area contributed by atoms with Gasteiger partial charge in [-0.25, -0.2) is 4.99 Å². The number of rotatable bonds is 8. The van der Waals surface area contributed by atoms with Crippen molar-refractivity contribution in [2.75, 3.05) is 27.3 Å². The average Bonchev–Trinajstić information content (AvgIpc) is 2.57. The van der Waals surface area contributed by atoms with Crippen LogP contribution < -0.4 is 20.1 Å². The minimum Gasteiger partial charge on any atom is -0.493 e. The van der Waals surface area contributed by atoms with Crippen molar-refractivity contribution in [1.29, 1.82) is 0 Å². The second kappa shape index (κ2) is 12.5. The lowest BCUT2D eigenvalue weighted by molar-refractivity contribution is 0.352. The van der Waals surface area contributed by atoms with Crippen LogP contribution in [0.25, 0.3) is 0 Å². The van der Waals surface area contributed by atoms with Crippen LogP contribution in [0.5, 0.6) is 11.5 Å². The number of terminal acetylenes is 1. The van der Waals surface area contributed by atoms with Crippen molar-refractivity contribution in [3.8, 4) is 23.8 Å². The van der Waals surface area contributed by atoms with Gasteiger partial charge >= 0.3 is 0 Å². The number of guanidine groups is 1. The molecule has 1 aromatic carbocycles. The summed E-state index contributed by atoms with van der Waals surface area (Å²) in [7, 11) is 3.26. The van der Waals surface area contributed by atoms with Crippen LogP contribution in [0.1, 0.15) is 18.1 Å². The van der Waals surface area contributed by atoms with Crippen LogP contribution in [-0.4, -0.2) is 33.3 Å². The first kappa shape index (κ1) is 22.1. The molecule has 0 unspecified atom stereocenters. The van der Waals surface area contributed by atoms with Gasteiger partial charge < -0.3 is 20.1 Å². The molecule has 132 valence electrons. The van der Waals surface area contributed by atoms with Gasteiger partial charge in [-0.05, 0) is 31.0 Å². The standard InChI is InChI=1S/C18H25N3O2.HI/c1-6-9-15-11-14(12-16(22-4)17(15)23-5)13-21-18(19-8-3)20-10-7-2;/h2,6,11-12H,1,8-10,13H2,3-5H3,(H2,19,20,21);1H. The van der Waals surface area contributed by atoms with E-state index in [0.29, 0.717) is 31.2 Å². The molecular weight excluding hydrogens is 417 g/mol. The minimum absolute atomic E-state index is 0. The summed E-state index contributed by atoms with van der Waals surface area (Å²) in [5.74, 6) is 4.65. The van der Waals surface area contributed by atoms with Gasteiger partial charge in [0.15, 0.2) is 17.5 Å². The summed E-state index contributed by atoms with van der Waals surface area (Å²) in [5, 5.41) is 6.21. The third-order valence-electron chi connectivity index (χ3n) is 3.10. The van der Waals surface area contributed by atoms with E-state index in [4.69, 9.17) is 15.9 Å². The third kappa shape index (κ3) is 6.71. The molecule has 2 N–H and O–H groups in total. The fourth-order valence-electron chi connectivity index (χ4n) is 2.15. The Morgan fingerprint density at radius 2 is 2.08 bits per heavy atom. The SMILES string of the molecule is C#CCNC(=NCc1cc(CC=C)c(OC)c(OC)c1)NCC.I. The molecule has 0 aromatic heterocycles. The average molecular weight is 443 g/mol. The Morgan fingerprint density at radius 1 is 1.33 bits per heavy atom. The van der Waals surface area contributed by atoms with Gasteiger partial charge in [0.05, 0.1) is 27.3 Å². The van der Waals surface area contributed by atoms with Crippen molar-refractivity contribution < 1.29 is 9.47 Å². The molecule has 0 heterocycles. The van der Waals surface area contributed by atoms with Gasteiger partial charge in [0, 0.05) is 12.1 Å². The molecule has 6 heteroatoms. The molecule has 0 radical (unpaired) electrons. The first-order valence-electron chi connectivity index (χ1n) is 7.50. The van der Waals surface area contributed by atoms with Gasteiger partial charge in [-0.15, -0.1) is 37.0 Å². The van der Waals surface area contributed by atoms with E-state index in [0.717, 1.165) is 23.4 Å². The molecule has 0 fully saturated rings. The van der Waals surface area contributed by atoms with Crippen LogP contribution in [0.2, 0.25) is 0 Å². The van der Waals surface area contributed by atoms with E-state index in [1.165, 1.54) is 0 Å². The summed E-state index contributed by atoms with van der Waals surface area (Å²) in [4.78, 5) is 4.53. The topological polar surface area (TPSA) is 54.9 Å². The summed E-state index contributed by atoms with van der Waals surface area (Å²) in [5.41, 5.74) is 2.05. The van der Waals surface area contributed by atoms with Gasteiger partial charge in [0.1, 0.15) is 0 Å². The quantitative estimate of drug-likeness (QED) is 0.213. The molecule has 5 nitrogen and oxygen atoms in total. The first-order chi connectivity index (χ1) is 11.2. The highest BCUT2D eigenvalue weighted by molar-refractivity contribution is 14.0. The van der Waals surface area contributed by atoms with E-state index in [1.807, 2.05) is 19.1 Å². The Hall–Kier alpha value is -1.88. The monoisotopic (exact) mass is 443 g/mol. The number of allylic oxidation sites excluding steroid dienone is 1. The van der Waals surface area contributed by atoms with Crippen molar-refractivity contribution >= 4 is 29.9 Å². The molecule has 0 aliphatic heterocycles. The number of ether oxygens (including phenoxy) is 2.